The molecule has 2 aromatic rings. The third-order valence-corrected chi connectivity index (χ3v) is 5.20. The summed E-state index contributed by atoms with van der Waals surface area (Å²) in [5.74, 6) is 0.331. The number of hydrogen-bond donors (Lipinski definition) is 1. The summed E-state index contributed by atoms with van der Waals surface area (Å²) in [6, 6.07) is 1.96. The van der Waals surface area contributed by atoms with Crippen LogP contribution in [0.3, 0.4) is 0 Å². The van der Waals surface area contributed by atoms with E-state index in [9.17, 15) is 9.90 Å². The lowest BCUT2D eigenvalue weighted by Crippen LogP contribution is -2.31. The Morgan fingerprint density at radius 1 is 1.38 bits per heavy atom. The molecule has 2 aromatic heterocycles. The van der Waals surface area contributed by atoms with E-state index in [1.54, 1.807) is 6.20 Å². The van der Waals surface area contributed by atoms with Gasteiger partial charge >= 0.3 is 0 Å². The lowest BCUT2D eigenvalue weighted by molar-refractivity contribution is 0.0743. The highest BCUT2D eigenvalue weighted by molar-refractivity contribution is 5.95. The van der Waals surface area contributed by atoms with Crippen LogP contribution in [0.5, 0.6) is 0 Å². The summed E-state index contributed by atoms with van der Waals surface area (Å²) in [7, 11) is 0. The van der Waals surface area contributed by atoms with Gasteiger partial charge in [0.05, 0.1) is 29.2 Å². The molecule has 0 spiro atoms. The maximum Gasteiger partial charge on any atom is 0.257 e. The molecule has 4 rings (SSSR count). The van der Waals surface area contributed by atoms with Gasteiger partial charge in [-0.1, -0.05) is 13.3 Å². The fourth-order valence-corrected chi connectivity index (χ4v) is 3.60. The van der Waals surface area contributed by atoms with Gasteiger partial charge in [0.15, 0.2) is 0 Å². The molecule has 1 amide bonds. The second-order valence-electron chi connectivity index (χ2n) is 7.28. The SMILES string of the molecule is CCCc1ncncc1C(=O)N1CCCn2nc([C@H](O)C3CC3)cc2C1. The van der Waals surface area contributed by atoms with Crippen molar-refractivity contribution >= 4 is 5.91 Å². The molecule has 1 aliphatic carbocycles. The first-order valence-electron chi connectivity index (χ1n) is 9.50. The predicted octanol–water partition coefficient (Wildman–Crippen LogP) is 2.12. The number of carbonyl (C=O) groups excluding carboxylic acids is 1. The van der Waals surface area contributed by atoms with Gasteiger partial charge in [0.25, 0.3) is 5.91 Å². The monoisotopic (exact) mass is 355 g/mol. The van der Waals surface area contributed by atoms with Crippen LogP contribution in [0.15, 0.2) is 18.6 Å². The average molecular weight is 355 g/mol. The zero-order valence-corrected chi connectivity index (χ0v) is 15.1. The van der Waals surface area contributed by atoms with Crippen LogP contribution in [0.25, 0.3) is 0 Å². The molecule has 0 bridgehead atoms. The first-order chi connectivity index (χ1) is 12.7. The Hall–Kier alpha value is -2.28. The summed E-state index contributed by atoms with van der Waals surface area (Å²) in [6.07, 6.45) is 7.35. The molecule has 3 heterocycles. The smallest absolute Gasteiger partial charge is 0.257 e. The average Bonchev–Trinajstić information content (AvgIpc) is 3.45. The van der Waals surface area contributed by atoms with E-state index in [1.807, 2.05) is 15.6 Å². The van der Waals surface area contributed by atoms with Crippen LogP contribution in [0.4, 0.5) is 0 Å². The van der Waals surface area contributed by atoms with Crippen LogP contribution >= 0.6 is 0 Å². The fourth-order valence-electron chi connectivity index (χ4n) is 3.60. The molecule has 26 heavy (non-hydrogen) atoms. The number of nitrogens with zero attached hydrogens (tertiary/aromatic N) is 5. The second kappa shape index (κ2) is 7.15. The Morgan fingerprint density at radius 2 is 2.23 bits per heavy atom. The van der Waals surface area contributed by atoms with Gasteiger partial charge in [-0.15, -0.1) is 0 Å². The van der Waals surface area contributed by atoms with Crippen LogP contribution < -0.4 is 0 Å². The molecule has 1 fully saturated rings. The van der Waals surface area contributed by atoms with E-state index in [4.69, 9.17) is 0 Å². The first-order valence-corrected chi connectivity index (χ1v) is 9.50. The summed E-state index contributed by atoms with van der Waals surface area (Å²) < 4.78 is 1.95. The largest absolute Gasteiger partial charge is 0.386 e. The summed E-state index contributed by atoms with van der Waals surface area (Å²) in [5.41, 5.74) is 3.14. The number of aromatic nitrogens is 4. The third-order valence-electron chi connectivity index (χ3n) is 5.20. The highest BCUT2D eigenvalue weighted by Gasteiger charge is 2.33. The van der Waals surface area contributed by atoms with Crippen LogP contribution in [-0.4, -0.2) is 42.2 Å². The van der Waals surface area contributed by atoms with Crippen molar-refractivity contribution in [3.8, 4) is 0 Å². The minimum Gasteiger partial charge on any atom is -0.386 e. The number of carbonyl (C=O) groups is 1. The number of aliphatic hydroxyl groups is 1. The molecule has 1 N–H and O–H groups in total. The molecule has 138 valence electrons. The van der Waals surface area contributed by atoms with Gasteiger partial charge in [-0.05, 0) is 37.7 Å². The summed E-state index contributed by atoms with van der Waals surface area (Å²) in [5, 5.41) is 14.9. The van der Waals surface area contributed by atoms with Gasteiger partial charge in [-0.25, -0.2) is 9.97 Å². The fraction of sp³-hybridized carbons (Fsp3) is 0.579. The van der Waals surface area contributed by atoms with E-state index >= 15 is 0 Å². The summed E-state index contributed by atoms with van der Waals surface area (Å²) in [6.45, 7) is 4.03. The van der Waals surface area contributed by atoms with Crippen LogP contribution in [0, 0.1) is 5.92 Å². The van der Waals surface area contributed by atoms with Crippen molar-refractivity contribution in [3.63, 3.8) is 0 Å². The van der Waals surface area contributed by atoms with Gasteiger partial charge in [-0.2, -0.15) is 5.10 Å². The van der Waals surface area contributed by atoms with Crippen LogP contribution in [0.1, 0.15) is 66.2 Å². The highest BCUT2D eigenvalue weighted by atomic mass is 16.3. The van der Waals surface area contributed by atoms with E-state index in [1.165, 1.54) is 6.33 Å². The molecule has 0 radical (unpaired) electrons. The highest BCUT2D eigenvalue weighted by Crippen LogP contribution is 2.40. The third kappa shape index (κ3) is 3.35. The maximum atomic E-state index is 13.1. The molecule has 7 heteroatoms. The number of aryl methyl sites for hydroxylation is 2. The number of rotatable bonds is 5. The van der Waals surface area contributed by atoms with Crippen molar-refractivity contribution in [1.82, 2.24) is 24.6 Å². The van der Waals surface area contributed by atoms with Crippen molar-refractivity contribution in [3.05, 3.63) is 41.2 Å². The maximum absolute atomic E-state index is 13.1. The number of amides is 1. The van der Waals surface area contributed by atoms with Crippen LogP contribution in [-0.2, 0) is 19.5 Å². The first kappa shape index (κ1) is 17.1. The van der Waals surface area contributed by atoms with E-state index < -0.39 is 6.10 Å². The van der Waals surface area contributed by atoms with Crippen molar-refractivity contribution in [2.75, 3.05) is 6.54 Å². The van der Waals surface area contributed by atoms with E-state index in [0.29, 0.717) is 24.6 Å². The molecule has 0 saturated heterocycles. The van der Waals surface area contributed by atoms with Crippen LogP contribution in [0.2, 0.25) is 0 Å². The molecule has 1 atom stereocenters. The molecule has 1 aliphatic heterocycles. The predicted molar refractivity (Wildman–Crippen MR) is 95.3 cm³/mol. The number of hydrogen-bond acceptors (Lipinski definition) is 5. The molecule has 7 nitrogen and oxygen atoms in total. The van der Waals surface area contributed by atoms with Crippen molar-refractivity contribution in [2.45, 2.75) is 58.2 Å². The topological polar surface area (TPSA) is 84.1 Å². The minimum atomic E-state index is -0.475. The van der Waals surface area contributed by atoms with E-state index in [-0.39, 0.29) is 5.91 Å². The van der Waals surface area contributed by atoms with Crippen molar-refractivity contribution < 1.29 is 9.90 Å². The zero-order chi connectivity index (χ0) is 18.1. The molecule has 0 aromatic carbocycles. The molecule has 1 saturated carbocycles. The van der Waals surface area contributed by atoms with Crippen molar-refractivity contribution in [1.29, 1.82) is 0 Å². The minimum absolute atomic E-state index is 0.0204. The normalized spacial score (nSPS) is 18.3. The second-order valence-corrected chi connectivity index (χ2v) is 7.28. The van der Waals surface area contributed by atoms with E-state index in [0.717, 1.165) is 55.7 Å². The van der Waals surface area contributed by atoms with Gasteiger partial charge in [0.2, 0.25) is 0 Å². The van der Waals surface area contributed by atoms with Gasteiger partial charge in [-0.3, -0.25) is 9.48 Å². The summed E-state index contributed by atoms with van der Waals surface area (Å²) in [4.78, 5) is 23.3. The Balaban J connectivity index is 1.56. The lowest BCUT2D eigenvalue weighted by atomic mass is 10.1. The molecule has 0 unspecified atom stereocenters. The van der Waals surface area contributed by atoms with Gasteiger partial charge in [0, 0.05) is 19.3 Å². The van der Waals surface area contributed by atoms with E-state index in [2.05, 4.69) is 22.0 Å². The molecular weight excluding hydrogens is 330 g/mol. The molecule has 2 aliphatic rings. The Kier molecular flexibility index (Phi) is 4.72. The lowest BCUT2D eigenvalue weighted by Gasteiger charge is -2.21. The van der Waals surface area contributed by atoms with Gasteiger partial charge < -0.3 is 10.0 Å². The Labute approximate surface area is 153 Å². The summed E-state index contributed by atoms with van der Waals surface area (Å²) >= 11 is 0. The Bertz CT molecular complexity index is 799. The van der Waals surface area contributed by atoms with Crippen molar-refractivity contribution in [2.24, 2.45) is 5.92 Å². The quantitative estimate of drug-likeness (QED) is 0.888. The Morgan fingerprint density at radius 3 is 3.00 bits per heavy atom. The van der Waals surface area contributed by atoms with Gasteiger partial charge in [0.1, 0.15) is 12.4 Å². The zero-order valence-electron chi connectivity index (χ0n) is 15.1. The molecular formula is C19H25N5O2. The standard InChI is InChI=1S/C19H25N5O2/c1-2-4-16-15(10-20-12-21-16)19(26)23-7-3-8-24-14(11-23)9-17(22-24)18(25)13-5-6-13/h9-10,12-13,18,25H,2-8,11H2,1H3/t18-/m1/s1. The number of aliphatic hydroxyl groups excluding tert-OH is 1. The number of fused-ring (bicyclic) bond motifs is 1.